The number of nitrogens with zero attached hydrogens (tertiary/aromatic N) is 6. The zero-order valence-electron chi connectivity index (χ0n) is 14.6. The fourth-order valence-electron chi connectivity index (χ4n) is 3.07. The number of nitro groups is 1. The number of anilines is 1. The van der Waals surface area contributed by atoms with Gasteiger partial charge in [0.05, 0.1) is 11.5 Å². The van der Waals surface area contributed by atoms with Crippen molar-refractivity contribution >= 4 is 11.4 Å². The van der Waals surface area contributed by atoms with Crippen LogP contribution in [-0.4, -0.2) is 51.1 Å². The van der Waals surface area contributed by atoms with Crippen LogP contribution in [0.5, 0.6) is 0 Å². The lowest BCUT2D eigenvalue weighted by Crippen LogP contribution is -2.46. The van der Waals surface area contributed by atoms with Crippen LogP contribution in [0.15, 0.2) is 53.3 Å². The molecule has 138 valence electrons. The molecule has 0 atom stereocenters. The van der Waals surface area contributed by atoms with Gasteiger partial charge in [0.25, 0.3) is 5.69 Å². The van der Waals surface area contributed by atoms with Crippen molar-refractivity contribution in [1.82, 2.24) is 20.0 Å². The molecule has 0 saturated carbocycles. The lowest BCUT2D eigenvalue weighted by atomic mass is 10.2. The highest BCUT2D eigenvalue weighted by molar-refractivity contribution is 5.52. The van der Waals surface area contributed by atoms with E-state index in [1.807, 2.05) is 12.1 Å². The lowest BCUT2D eigenvalue weighted by Gasteiger charge is -2.35. The maximum Gasteiger partial charge on any atom is 0.269 e. The molecule has 0 aliphatic carbocycles. The van der Waals surface area contributed by atoms with Gasteiger partial charge in [-0.05, 0) is 24.3 Å². The van der Waals surface area contributed by atoms with Gasteiger partial charge in [-0.2, -0.15) is 4.98 Å². The number of hydrogen-bond donors (Lipinski definition) is 0. The summed E-state index contributed by atoms with van der Waals surface area (Å²) in [4.78, 5) is 23.4. The molecule has 0 spiro atoms. The summed E-state index contributed by atoms with van der Waals surface area (Å²) in [5, 5.41) is 14.8. The fourth-order valence-corrected chi connectivity index (χ4v) is 3.07. The van der Waals surface area contributed by atoms with Crippen molar-refractivity contribution in [1.29, 1.82) is 0 Å². The summed E-state index contributed by atoms with van der Waals surface area (Å²) in [6.07, 6.45) is 3.41. The van der Waals surface area contributed by atoms with Crippen LogP contribution in [0.4, 0.5) is 11.4 Å². The SMILES string of the molecule is O=[N+]([O-])c1ccc(N2CCN(Cc3nc(-c4cccnc4)no3)CC2)cc1. The number of aromatic nitrogens is 3. The van der Waals surface area contributed by atoms with E-state index in [1.165, 1.54) is 0 Å². The quantitative estimate of drug-likeness (QED) is 0.501. The largest absolute Gasteiger partial charge is 0.369 e. The number of non-ortho nitro benzene ring substituents is 1. The van der Waals surface area contributed by atoms with Crippen LogP contribution in [0.1, 0.15) is 5.89 Å². The summed E-state index contributed by atoms with van der Waals surface area (Å²) in [6.45, 7) is 3.97. The highest BCUT2D eigenvalue weighted by atomic mass is 16.6. The zero-order chi connectivity index (χ0) is 18.6. The Labute approximate surface area is 155 Å². The number of pyridine rings is 1. The molecule has 3 aromatic rings. The Morgan fingerprint density at radius 1 is 1.11 bits per heavy atom. The molecule has 0 radical (unpaired) electrons. The second kappa shape index (κ2) is 7.50. The summed E-state index contributed by atoms with van der Waals surface area (Å²) in [6, 6.07) is 10.4. The van der Waals surface area contributed by atoms with Gasteiger partial charge in [-0.1, -0.05) is 5.16 Å². The third-order valence-corrected chi connectivity index (χ3v) is 4.54. The van der Waals surface area contributed by atoms with E-state index in [0.29, 0.717) is 18.3 Å². The topological polar surface area (TPSA) is 101 Å². The number of rotatable bonds is 5. The summed E-state index contributed by atoms with van der Waals surface area (Å²) < 4.78 is 5.36. The predicted molar refractivity (Wildman–Crippen MR) is 98.1 cm³/mol. The van der Waals surface area contributed by atoms with Gasteiger partial charge in [-0.15, -0.1) is 0 Å². The molecule has 1 fully saturated rings. The van der Waals surface area contributed by atoms with Crippen molar-refractivity contribution in [2.75, 3.05) is 31.1 Å². The molecule has 1 aliphatic heterocycles. The summed E-state index contributed by atoms with van der Waals surface area (Å²) in [7, 11) is 0. The molecule has 0 bridgehead atoms. The Hall–Kier alpha value is -3.33. The number of benzene rings is 1. The third-order valence-electron chi connectivity index (χ3n) is 4.54. The van der Waals surface area contributed by atoms with Crippen LogP contribution in [-0.2, 0) is 6.54 Å². The van der Waals surface area contributed by atoms with Crippen LogP contribution in [0.2, 0.25) is 0 Å². The van der Waals surface area contributed by atoms with Crippen LogP contribution in [0, 0.1) is 10.1 Å². The van der Waals surface area contributed by atoms with Crippen molar-refractivity contribution in [2.24, 2.45) is 0 Å². The number of piperazine rings is 1. The zero-order valence-corrected chi connectivity index (χ0v) is 14.6. The van der Waals surface area contributed by atoms with E-state index in [0.717, 1.165) is 37.4 Å². The first-order valence-corrected chi connectivity index (χ1v) is 8.64. The molecule has 1 aromatic carbocycles. The van der Waals surface area contributed by atoms with Gasteiger partial charge < -0.3 is 9.42 Å². The summed E-state index contributed by atoms with van der Waals surface area (Å²) >= 11 is 0. The highest BCUT2D eigenvalue weighted by Gasteiger charge is 2.20. The number of nitro benzene ring substituents is 1. The van der Waals surface area contributed by atoms with Crippen LogP contribution in [0.3, 0.4) is 0 Å². The molecule has 3 heterocycles. The molecule has 2 aromatic heterocycles. The minimum atomic E-state index is -0.383. The number of hydrogen-bond acceptors (Lipinski definition) is 8. The van der Waals surface area contributed by atoms with Gasteiger partial charge in [-0.3, -0.25) is 20.0 Å². The van der Waals surface area contributed by atoms with E-state index in [9.17, 15) is 10.1 Å². The monoisotopic (exact) mass is 366 g/mol. The van der Waals surface area contributed by atoms with Gasteiger partial charge >= 0.3 is 0 Å². The van der Waals surface area contributed by atoms with Gasteiger partial charge in [0, 0.05) is 62.0 Å². The molecule has 0 amide bonds. The van der Waals surface area contributed by atoms with Crippen LogP contribution >= 0.6 is 0 Å². The minimum absolute atomic E-state index is 0.109. The van der Waals surface area contributed by atoms with Crippen molar-refractivity contribution < 1.29 is 9.45 Å². The normalized spacial score (nSPS) is 15.0. The van der Waals surface area contributed by atoms with E-state index in [2.05, 4.69) is 24.9 Å². The molecule has 1 aliphatic rings. The Morgan fingerprint density at radius 2 is 1.89 bits per heavy atom. The smallest absolute Gasteiger partial charge is 0.269 e. The summed E-state index contributed by atoms with van der Waals surface area (Å²) in [5.41, 5.74) is 1.94. The maximum atomic E-state index is 10.8. The predicted octanol–water partition coefficient (Wildman–Crippen LogP) is 2.36. The van der Waals surface area contributed by atoms with E-state index in [1.54, 1.807) is 36.7 Å². The molecule has 0 unspecified atom stereocenters. The molecular formula is C18H18N6O3. The first-order chi connectivity index (χ1) is 13.2. The maximum absolute atomic E-state index is 10.8. The Morgan fingerprint density at radius 3 is 2.56 bits per heavy atom. The molecule has 4 rings (SSSR count). The minimum Gasteiger partial charge on any atom is -0.369 e. The van der Waals surface area contributed by atoms with Gasteiger partial charge in [0.15, 0.2) is 0 Å². The van der Waals surface area contributed by atoms with Crippen molar-refractivity contribution in [3.05, 3.63) is 64.8 Å². The Bertz CT molecular complexity index is 904. The van der Waals surface area contributed by atoms with Crippen LogP contribution < -0.4 is 4.90 Å². The van der Waals surface area contributed by atoms with E-state index in [-0.39, 0.29) is 10.6 Å². The second-order valence-corrected chi connectivity index (χ2v) is 6.29. The standard InChI is InChI=1S/C18H18N6O3/c25-24(26)16-5-3-15(4-6-16)23-10-8-22(9-11-23)13-17-20-18(21-27-17)14-2-1-7-19-12-14/h1-7,12H,8-11,13H2. The molecule has 9 heteroatoms. The molecule has 9 nitrogen and oxygen atoms in total. The average Bonchev–Trinajstić information content (AvgIpc) is 3.18. The van der Waals surface area contributed by atoms with E-state index < -0.39 is 0 Å². The van der Waals surface area contributed by atoms with Crippen LogP contribution in [0.25, 0.3) is 11.4 Å². The van der Waals surface area contributed by atoms with E-state index in [4.69, 9.17) is 4.52 Å². The van der Waals surface area contributed by atoms with Gasteiger partial charge in [-0.25, -0.2) is 0 Å². The Balaban J connectivity index is 1.33. The molecule has 0 N–H and O–H groups in total. The average molecular weight is 366 g/mol. The first-order valence-electron chi connectivity index (χ1n) is 8.64. The van der Waals surface area contributed by atoms with Crippen molar-refractivity contribution in [3.8, 4) is 11.4 Å². The fraction of sp³-hybridized carbons (Fsp3) is 0.278. The van der Waals surface area contributed by atoms with Crippen molar-refractivity contribution in [2.45, 2.75) is 6.54 Å². The highest BCUT2D eigenvalue weighted by Crippen LogP contribution is 2.21. The third kappa shape index (κ3) is 3.93. The van der Waals surface area contributed by atoms with Gasteiger partial charge in [0.2, 0.25) is 11.7 Å². The molecular weight excluding hydrogens is 348 g/mol. The Kier molecular flexibility index (Phi) is 4.75. The van der Waals surface area contributed by atoms with Crippen molar-refractivity contribution in [3.63, 3.8) is 0 Å². The first kappa shape index (κ1) is 17.1. The lowest BCUT2D eigenvalue weighted by molar-refractivity contribution is -0.384. The second-order valence-electron chi connectivity index (χ2n) is 6.29. The molecule has 27 heavy (non-hydrogen) atoms. The van der Waals surface area contributed by atoms with E-state index >= 15 is 0 Å². The molecule has 1 saturated heterocycles. The van der Waals surface area contributed by atoms with Gasteiger partial charge in [0.1, 0.15) is 0 Å². The summed E-state index contributed by atoms with van der Waals surface area (Å²) in [5.74, 6) is 1.13.